The van der Waals surface area contributed by atoms with E-state index in [1.165, 1.54) is 42.5 Å². The summed E-state index contributed by atoms with van der Waals surface area (Å²) in [7, 11) is -4.00. The molecule has 7 nitrogen and oxygen atoms in total. The normalized spacial score (nSPS) is 16.2. The minimum Gasteiger partial charge on any atom is -0.354 e. The van der Waals surface area contributed by atoms with Gasteiger partial charge in [-0.05, 0) is 61.0 Å². The lowest BCUT2D eigenvalue weighted by Crippen LogP contribution is -2.37. The van der Waals surface area contributed by atoms with Crippen molar-refractivity contribution in [2.24, 2.45) is 0 Å². The minimum absolute atomic E-state index is 0.200. The number of anilines is 2. The number of rotatable bonds is 6. The maximum Gasteiger partial charge on any atom is 0.417 e. The molecule has 35 heavy (non-hydrogen) atoms. The third kappa shape index (κ3) is 5.88. The molecule has 1 saturated heterocycles. The zero-order valence-corrected chi connectivity index (χ0v) is 18.9. The number of hydrogen-bond acceptors (Lipinski definition) is 5. The van der Waals surface area contributed by atoms with Gasteiger partial charge in [0.15, 0.2) is 0 Å². The van der Waals surface area contributed by atoms with Gasteiger partial charge in [-0.1, -0.05) is 6.07 Å². The first kappa shape index (κ1) is 24.5. The Morgan fingerprint density at radius 3 is 2.43 bits per heavy atom. The Labute approximate surface area is 198 Å². The van der Waals surface area contributed by atoms with E-state index in [9.17, 15) is 30.8 Å². The number of amides is 1. The van der Waals surface area contributed by atoms with Crippen LogP contribution in [-0.2, 0) is 16.2 Å². The van der Waals surface area contributed by atoms with Gasteiger partial charge in [0.25, 0.3) is 15.9 Å². The number of nitrogens with one attached hydrogen (secondary N) is 2. The lowest BCUT2D eigenvalue weighted by Gasteiger charge is -2.18. The fourth-order valence-corrected chi connectivity index (χ4v) is 4.72. The zero-order chi connectivity index (χ0) is 25.2. The summed E-state index contributed by atoms with van der Waals surface area (Å²) in [5.74, 6) is -0.666. The van der Waals surface area contributed by atoms with E-state index >= 15 is 0 Å². The summed E-state index contributed by atoms with van der Waals surface area (Å²) in [6.45, 7) is 0.903. The molecule has 1 unspecified atom stereocenters. The third-order valence-electron chi connectivity index (χ3n) is 5.43. The van der Waals surface area contributed by atoms with Gasteiger partial charge < -0.3 is 10.2 Å². The van der Waals surface area contributed by atoms with Gasteiger partial charge in [0.1, 0.15) is 11.6 Å². The smallest absolute Gasteiger partial charge is 0.354 e. The first-order chi connectivity index (χ1) is 16.5. The molecule has 2 heterocycles. The summed E-state index contributed by atoms with van der Waals surface area (Å²) in [5.41, 5.74) is -0.331. The van der Waals surface area contributed by atoms with Crippen molar-refractivity contribution in [2.45, 2.75) is 23.5 Å². The van der Waals surface area contributed by atoms with Crippen molar-refractivity contribution in [1.29, 1.82) is 0 Å². The van der Waals surface area contributed by atoms with Crippen LogP contribution in [0.1, 0.15) is 22.3 Å². The molecule has 0 aliphatic carbocycles. The molecule has 1 fully saturated rings. The molecular weight excluding hydrogens is 488 g/mol. The number of pyridine rings is 1. The van der Waals surface area contributed by atoms with E-state index < -0.39 is 27.6 Å². The lowest BCUT2D eigenvalue weighted by atomic mass is 10.1. The predicted octanol–water partition coefficient (Wildman–Crippen LogP) is 4.05. The summed E-state index contributed by atoms with van der Waals surface area (Å²) in [6.07, 6.45) is -3.09. The predicted molar refractivity (Wildman–Crippen MR) is 121 cm³/mol. The van der Waals surface area contributed by atoms with Crippen LogP contribution in [0.3, 0.4) is 0 Å². The highest BCUT2D eigenvalue weighted by Gasteiger charge is 2.31. The van der Waals surface area contributed by atoms with Crippen LogP contribution in [0, 0.1) is 5.82 Å². The van der Waals surface area contributed by atoms with Crippen molar-refractivity contribution in [1.82, 2.24) is 10.3 Å². The highest BCUT2D eigenvalue weighted by atomic mass is 32.2. The van der Waals surface area contributed by atoms with E-state index in [4.69, 9.17) is 0 Å². The zero-order valence-electron chi connectivity index (χ0n) is 18.1. The average molecular weight is 508 g/mol. The van der Waals surface area contributed by atoms with Crippen LogP contribution in [0.25, 0.3) is 0 Å². The molecule has 0 bridgehead atoms. The van der Waals surface area contributed by atoms with Crippen LogP contribution >= 0.6 is 0 Å². The van der Waals surface area contributed by atoms with Gasteiger partial charge in [-0.25, -0.2) is 17.8 Å². The van der Waals surface area contributed by atoms with Gasteiger partial charge in [-0.2, -0.15) is 13.2 Å². The molecule has 12 heteroatoms. The summed E-state index contributed by atoms with van der Waals surface area (Å²) >= 11 is 0. The molecule has 184 valence electrons. The number of hydrogen-bond donors (Lipinski definition) is 2. The van der Waals surface area contributed by atoms with Crippen molar-refractivity contribution in [3.8, 4) is 0 Å². The number of benzene rings is 2. The molecule has 2 N–H and O–H groups in total. The van der Waals surface area contributed by atoms with E-state index in [0.717, 1.165) is 24.4 Å². The van der Waals surface area contributed by atoms with Crippen molar-refractivity contribution in [2.75, 3.05) is 22.7 Å². The maximum atomic E-state index is 13.3. The van der Waals surface area contributed by atoms with Crippen LogP contribution in [0.4, 0.5) is 29.1 Å². The molecule has 0 radical (unpaired) electrons. The SMILES string of the molecule is O=C(NC1CCN(c2ccc(C(F)(F)F)cn2)C1)c1ccc(NS(=O)(=O)c2cccc(F)c2)cc1. The molecule has 4 rings (SSSR count). The summed E-state index contributed by atoms with van der Waals surface area (Å²) in [6, 6.07) is 12.3. The van der Waals surface area contributed by atoms with Gasteiger partial charge in [0, 0.05) is 36.6 Å². The van der Waals surface area contributed by atoms with Gasteiger partial charge >= 0.3 is 6.18 Å². The van der Waals surface area contributed by atoms with Crippen molar-refractivity contribution in [3.05, 3.63) is 83.8 Å². The second-order valence-corrected chi connectivity index (χ2v) is 9.63. The molecular formula is C23H20F4N4O3S. The summed E-state index contributed by atoms with van der Waals surface area (Å²) < 4.78 is 78.6. The molecule has 1 amide bonds. The second kappa shape index (κ2) is 9.53. The Hall–Kier alpha value is -3.67. The molecule has 1 aliphatic rings. The standard InChI is InChI=1S/C23H20F4N4O3S/c24-17-2-1-3-20(12-17)35(33,34)30-18-7-4-15(5-8-18)22(32)29-19-10-11-31(14-19)21-9-6-16(13-28-21)23(25,26)27/h1-9,12-13,19,30H,10-11,14H2,(H,29,32). The molecule has 1 aliphatic heterocycles. The van der Waals surface area contributed by atoms with Crippen molar-refractivity contribution < 1.29 is 30.8 Å². The number of sulfonamides is 1. The van der Waals surface area contributed by atoms with Crippen LogP contribution in [0.5, 0.6) is 0 Å². The monoisotopic (exact) mass is 508 g/mol. The number of carbonyl (C=O) groups is 1. The topological polar surface area (TPSA) is 91.4 Å². The lowest BCUT2D eigenvalue weighted by molar-refractivity contribution is -0.137. The van der Waals surface area contributed by atoms with Gasteiger partial charge in [-0.3, -0.25) is 9.52 Å². The number of nitrogens with zero attached hydrogens (tertiary/aromatic N) is 2. The van der Waals surface area contributed by atoms with Gasteiger partial charge in [-0.15, -0.1) is 0 Å². The Balaban J connectivity index is 1.34. The molecule has 2 aromatic carbocycles. The van der Waals surface area contributed by atoms with Gasteiger partial charge in [0.05, 0.1) is 10.5 Å². The third-order valence-corrected chi connectivity index (χ3v) is 6.81. The van der Waals surface area contributed by atoms with E-state index in [1.54, 1.807) is 4.90 Å². The molecule has 0 saturated carbocycles. The highest BCUT2D eigenvalue weighted by molar-refractivity contribution is 7.92. The molecule has 1 atom stereocenters. The molecule has 3 aromatic rings. The molecule has 1 aromatic heterocycles. The first-order valence-corrected chi connectivity index (χ1v) is 12.0. The number of carbonyl (C=O) groups excluding carboxylic acids is 1. The number of aromatic nitrogens is 1. The summed E-state index contributed by atoms with van der Waals surface area (Å²) in [5, 5.41) is 2.86. The Bertz CT molecular complexity index is 1310. The van der Waals surface area contributed by atoms with Crippen LogP contribution < -0.4 is 14.9 Å². The number of alkyl halides is 3. The molecule has 0 spiro atoms. The minimum atomic E-state index is -4.46. The Morgan fingerprint density at radius 1 is 1.06 bits per heavy atom. The van der Waals surface area contributed by atoms with Gasteiger partial charge in [0.2, 0.25) is 0 Å². The maximum absolute atomic E-state index is 13.3. The van der Waals surface area contributed by atoms with E-state index in [-0.39, 0.29) is 22.5 Å². The van der Waals surface area contributed by atoms with E-state index in [1.807, 2.05) is 0 Å². The van der Waals surface area contributed by atoms with Crippen LogP contribution in [0.2, 0.25) is 0 Å². The average Bonchev–Trinajstić information content (AvgIpc) is 3.27. The Morgan fingerprint density at radius 2 is 1.80 bits per heavy atom. The quantitative estimate of drug-likeness (QED) is 0.491. The fourth-order valence-electron chi connectivity index (χ4n) is 3.63. The van der Waals surface area contributed by atoms with Crippen LogP contribution in [-0.4, -0.2) is 38.4 Å². The Kier molecular flexibility index (Phi) is 6.66. The van der Waals surface area contributed by atoms with Crippen molar-refractivity contribution >= 4 is 27.4 Å². The fraction of sp³-hybridized carbons (Fsp3) is 0.217. The summed E-state index contributed by atoms with van der Waals surface area (Å²) in [4.78, 5) is 18.0. The number of halogens is 4. The first-order valence-electron chi connectivity index (χ1n) is 10.5. The van der Waals surface area contributed by atoms with Crippen LogP contribution in [0.15, 0.2) is 71.8 Å². The van der Waals surface area contributed by atoms with E-state index in [2.05, 4.69) is 15.0 Å². The highest BCUT2D eigenvalue weighted by Crippen LogP contribution is 2.30. The second-order valence-electron chi connectivity index (χ2n) is 7.95. The largest absolute Gasteiger partial charge is 0.417 e. The van der Waals surface area contributed by atoms with Crippen molar-refractivity contribution in [3.63, 3.8) is 0 Å². The van der Waals surface area contributed by atoms with E-state index in [0.29, 0.717) is 30.9 Å².